The zero-order valence-electron chi connectivity index (χ0n) is 18.7. The average Bonchev–Trinajstić information content (AvgIpc) is 3.54. The fraction of sp³-hybridized carbons (Fsp3) is 0.609. The molecule has 0 spiro atoms. The highest BCUT2D eigenvalue weighted by molar-refractivity contribution is 5.81. The molecule has 0 unspecified atom stereocenters. The summed E-state index contributed by atoms with van der Waals surface area (Å²) >= 11 is 0. The molecule has 0 bridgehead atoms. The van der Waals surface area contributed by atoms with Crippen molar-refractivity contribution in [2.75, 3.05) is 0 Å². The SMILES string of the molecule is FC1(F)CCCCC1.O=C(CCC(F)(F)F)NCc1ccc2nc(CNC(=O)C3CC3)[nH]c2c1. The molecule has 34 heavy (non-hydrogen) atoms. The number of H-pyrrole nitrogens is 1. The maximum absolute atomic E-state index is 12.2. The quantitative estimate of drug-likeness (QED) is 0.472. The topological polar surface area (TPSA) is 86.9 Å². The summed E-state index contributed by atoms with van der Waals surface area (Å²) in [7, 11) is 0. The number of hydrogen-bond donors (Lipinski definition) is 3. The molecular formula is C23H29F5N4O2. The minimum Gasteiger partial charge on any atom is -0.352 e. The summed E-state index contributed by atoms with van der Waals surface area (Å²) in [6, 6.07) is 5.29. The molecule has 1 aromatic carbocycles. The molecule has 0 radical (unpaired) electrons. The third kappa shape index (κ3) is 8.90. The first-order valence-electron chi connectivity index (χ1n) is 11.5. The number of halogens is 5. The Morgan fingerprint density at radius 2 is 1.76 bits per heavy atom. The van der Waals surface area contributed by atoms with Gasteiger partial charge in [0, 0.05) is 31.7 Å². The molecular weight excluding hydrogens is 459 g/mol. The Morgan fingerprint density at radius 3 is 2.35 bits per heavy atom. The van der Waals surface area contributed by atoms with Gasteiger partial charge in [0.2, 0.25) is 17.7 Å². The Hall–Kier alpha value is -2.72. The zero-order chi connectivity index (χ0) is 24.8. The van der Waals surface area contributed by atoms with Gasteiger partial charge in [-0.2, -0.15) is 13.2 Å². The lowest BCUT2D eigenvalue weighted by Crippen LogP contribution is -2.24. The molecule has 11 heteroatoms. The molecule has 0 atom stereocenters. The number of carbonyl (C=O) groups excluding carboxylic acids is 2. The maximum Gasteiger partial charge on any atom is 0.389 e. The van der Waals surface area contributed by atoms with Crippen LogP contribution < -0.4 is 10.6 Å². The first kappa shape index (κ1) is 25.9. The van der Waals surface area contributed by atoms with E-state index in [9.17, 15) is 31.5 Å². The molecule has 2 amide bonds. The van der Waals surface area contributed by atoms with Crippen LogP contribution in [0.1, 0.15) is 69.2 Å². The second kappa shape index (κ2) is 11.1. The van der Waals surface area contributed by atoms with E-state index in [1.807, 2.05) is 0 Å². The monoisotopic (exact) mass is 488 g/mol. The fourth-order valence-corrected chi connectivity index (χ4v) is 3.58. The van der Waals surface area contributed by atoms with E-state index in [0.717, 1.165) is 30.3 Å². The lowest BCUT2D eigenvalue weighted by atomic mass is 9.97. The van der Waals surface area contributed by atoms with Gasteiger partial charge in [-0.1, -0.05) is 12.5 Å². The summed E-state index contributed by atoms with van der Waals surface area (Å²) in [6.07, 6.45) is -1.52. The summed E-state index contributed by atoms with van der Waals surface area (Å²) in [5.41, 5.74) is 2.20. The van der Waals surface area contributed by atoms with E-state index in [-0.39, 0.29) is 31.2 Å². The van der Waals surface area contributed by atoms with Crippen LogP contribution in [0.5, 0.6) is 0 Å². The van der Waals surface area contributed by atoms with Gasteiger partial charge < -0.3 is 15.6 Å². The van der Waals surface area contributed by atoms with Crippen LogP contribution in [-0.4, -0.2) is 33.9 Å². The summed E-state index contributed by atoms with van der Waals surface area (Å²) in [6.45, 7) is 0.451. The number of hydrogen-bond acceptors (Lipinski definition) is 3. The van der Waals surface area contributed by atoms with Crippen LogP contribution in [0.25, 0.3) is 11.0 Å². The number of benzene rings is 1. The number of alkyl halides is 5. The first-order chi connectivity index (χ1) is 16.0. The molecule has 0 aliphatic heterocycles. The zero-order valence-corrected chi connectivity index (χ0v) is 18.7. The minimum absolute atomic E-state index is 0.0349. The van der Waals surface area contributed by atoms with Crippen LogP contribution in [-0.2, 0) is 22.7 Å². The molecule has 3 N–H and O–H groups in total. The fourth-order valence-electron chi connectivity index (χ4n) is 3.58. The summed E-state index contributed by atoms with van der Waals surface area (Å²) < 4.78 is 60.7. The van der Waals surface area contributed by atoms with Gasteiger partial charge in [0.25, 0.3) is 0 Å². The number of rotatable bonds is 7. The third-order valence-electron chi connectivity index (χ3n) is 5.68. The van der Waals surface area contributed by atoms with Crippen molar-refractivity contribution in [2.45, 2.75) is 83.0 Å². The van der Waals surface area contributed by atoms with Crippen LogP contribution in [0, 0.1) is 5.92 Å². The van der Waals surface area contributed by atoms with Crippen LogP contribution in [0.3, 0.4) is 0 Å². The molecule has 0 saturated heterocycles. The van der Waals surface area contributed by atoms with E-state index in [1.54, 1.807) is 18.2 Å². The highest BCUT2D eigenvalue weighted by atomic mass is 19.4. The van der Waals surface area contributed by atoms with E-state index in [4.69, 9.17) is 0 Å². The highest BCUT2D eigenvalue weighted by Crippen LogP contribution is 2.32. The average molecular weight is 489 g/mol. The van der Waals surface area contributed by atoms with Crippen molar-refractivity contribution in [1.82, 2.24) is 20.6 Å². The van der Waals surface area contributed by atoms with Crippen molar-refractivity contribution in [3.63, 3.8) is 0 Å². The molecule has 2 aromatic rings. The van der Waals surface area contributed by atoms with Gasteiger partial charge in [-0.25, -0.2) is 13.8 Å². The number of aromatic nitrogens is 2. The largest absolute Gasteiger partial charge is 0.389 e. The van der Waals surface area contributed by atoms with Gasteiger partial charge in [-0.15, -0.1) is 0 Å². The number of nitrogens with zero attached hydrogens (tertiary/aromatic N) is 1. The van der Waals surface area contributed by atoms with E-state index < -0.39 is 30.8 Å². The molecule has 1 aromatic heterocycles. The predicted molar refractivity (Wildman–Crippen MR) is 116 cm³/mol. The van der Waals surface area contributed by atoms with E-state index >= 15 is 0 Å². The van der Waals surface area contributed by atoms with E-state index in [2.05, 4.69) is 20.6 Å². The highest BCUT2D eigenvalue weighted by Gasteiger charge is 2.30. The van der Waals surface area contributed by atoms with Crippen molar-refractivity contribution >= 4 is 22.8 Å². The first-order valence-corrected chi connectivity index (χ1v) is 11.5. The van der Waals surface area contributed by atoms with Gasteiger partial charge in [-0.05, 0) is 43.4 Å². The number of carbonyl (C=O) groups is 2. The Kier molecular flexibility index (Phi) is 8.48. The number of amides is 2. The number of aromatic amines is 1. The van der Waals surface area contributed by atoms with Crippen LogP contribution in [0.4, 0.5) is 22.0 Å². The maximum atomic E-state index is 12.2. The second-order valence-electron chi connectivity index (χ2n) is 8.84. The number of fused-ring (bicyclic) bond motifs is 1. The minimum atomic E-state index is -4.34. The van der Waals surface area contributed by atoms with Crippen molar-refractivity contribution in [1.29, 1.82) is 0 Å². The van der Waals surface area contributed by atoms with Crippen molar-refractivity contribution in [2.24, 2.45) is 5.92 Å². The predicted octanol–water partition coefficient (Wildman–Crippen LogP) is 5.13. The van der Waals surface area contributed by atoms with Gasteiger partial charge in [0.1, 0.15) is 5.82 Å². The van der Waals surface area contributed by atoms with Crippen molar-refractivity contribution in [3.05, 3.63) is 29.6 Å². The van der Waals surface area contributed by atoms with Crippen LogP contribution >= 0.6 is 0 Å². The van der Waals surface area contributed by atoms with Crippen molar-refractivity contribution < 1.29 is 31.5 Å². The third-order valence-corrected chi connectivity index (χ3v) is 5.68. The standard InChI is InChI=1S/C17H19F3N4O2.C6H10F2/c18-17(19,20)6-5-15(25)21-8-10-1-4-12-13(7-10)24-14(23-12)9-22-16(26)11-2-3-11;7-6(8)4-2-1-3-5-6/h1,4,7,11H,2-3,5-6,8-9H2,(H,21,25)(H,22,26)(H,23,24);1-5H2. The lowest BCUT2D eigenvalue weighted by molar-refractivity contribution is -0.144. The molecule has 1 heterocycles. The van der Waals surface area contributed by atoms with E-state index in [1.165, 1.54) is 0 Å². The Morgan fingerprint density at radius 1 is 1.06 bits per heavy atom. The lowest BCUT2D eigenvalue weighted by Gasteiger charge is -2.20. The molecule has 2 fully saturated rings. The normalized spacial score (nSPS) is 17.6. The Bertz CT molecular complexity index is 977. The van der Waals surface area contributed by atoms with Crippen molar-refractivity contribution in [3.8, 4) is 0 Å². The molecule has 6 nitrogen and oxygen atoms in total. The van der Waals surface area contributed by atoms with Crippen LogP contribution in [0.15, 0.2) is 18.2 Å². The van der Waals surface area contributed by atoms with Gasteiger partial charge in [0.05, 0.1) is 24.0 Å². The smallest absolute Gasteiger partial charge is 0.352 e. The molecule has 188 valence electrons. The number of imidazole rings is 1. The van der Waals surface area contributed by atoms with Gasteiger partial charge in [-0.3, -0.25) is 9.59 Å². The Labute approximate surface area is 194 Å². The summed E-state index contributed by atoms with van der Waals surface area (Å²) in [4.78, 5) is 30.6. The summed E-state index contributed by atoms with van der Waals surface area (Å²) in [5, 5.41) is 5.29. The van der Waals surface area contributed by atoms with E-state index in [0.29, 0.717) is 30.7 Å². The Balaban J connectivity index is 0.000000343. The number of nitrogens with one attached hydrogen (secondary N) is 3. The molecule has 4 rings (SSSR count). The molecule has 2 aliphatic rings. The molecule has 2 aliphatic carbocycles. The second-order valence-corrected chi connectivity index (χ2v) is 8.84. The van der Waals surface area contributed by atoms with Crippen LogP contribution in [0.2, 0.25) is 0 Å². The molecule has 2 saturated carbocycles. The van der Waals surface area contributed by atoms with Gasteiger partial charge >= 0.3 is 6.18 Å². The van der Waals surface area contributed by atoms with Gasteiger partial charge in [0.15, 0.2) is 0 Å². The summed E-state index contributed by atoms with van der Waals surface area (Å²) in [5.74, 6) is -2.17.